The number of rotatable bonds is 6. The maximum absolute atomic E-state index is 12.0. The first-order chi connectivity index (χ1) is 12.3. The minimum atomic E-state index is -0.502. The molecule has 0 aromatic heterocycles. The number of hydrogen-bond donors (Lipinski definition) is 1. The van der Waals surface area contributed by atoms with Crippen LogP contribution < -0.4 is 10.1 Å². The Balaban J connectivity index is 1.91. The lowest BCUT2D eigenvalue weighted by molar-refractivity contribution is 0.00695. The molecule has 0 aliphatic carbocycles. The number of carbonyl (C=O) groups is 1. The molecule has 0 aliphatic heterocycles. The highest BCUT2D eigenvalue weighted by Crippen LogP contribution is 2.19. The van der Waals surface area contributed by atoms with E-state index in [2.05, 4.69) is 11.4 Å². The van der Waals surface area contributed by atoms with Crippen LogP contribution in [0.1, 0.15) is 47.8 Å². The van der Waals surface area contributed by atoms with E-state index in [1.165, 1.54) is 0 Å². The van der Waals surface area contributed by atoms with Crippen LogP contribution in [0, 0.1) is 11.3 Å². The van der Waals surface area contributed by atoms with Gasteiger partial charge in [-0.1, -0.05) is 18.2 Å². The number of methoxy groups -OCH3 is 1. The van der Waals surface area contributed by atoms with E-state index in [0.29, 0.717) is 30.0 Å². The summed E-state index contributed by atoms with van der Waals surface area (Å²) in [6.07, 6.45) is 0. The van der Waals surface area contributed by atoms with E-state index in [1.807, 2.05) is 45.0 Å². The van der Waals surface area contributed by atoms with Gasteiger partial charge in [0.2, 0.25) is 0 Å². The van der Waals surface area contributed by atoms with Crippen molar-refractivity contribution >= 4 is 5.97 Å². The summed E-state index contributed by atoms with van der Waals surface area (Å²) in [5.74, 6) is 0.258. The number of nitriles is 1. The predicted octanol–water partition coefficient (Wildman–Crippen LogP) is 3.81. The lowest BCUT2D eigenvalue weighted by atomic mass is 10.1. The molecule has 2 aromatic rings. The number of nitrogens with one attached hydrogen (secondary N) is 1. The largest absolute Gasteiger partial charge is 0.495 e. The fourth-order valence-electron chi connectivity index (χ4n) is 2.40. The molecule has 0 saturated heterocycles. The van der Waals surface area contributed by atoms with Gasteiger partial charge in [-0.25, -0.2) is 4.79 Å². The predicted molar refractivity (Wildman–Crippen MR) is 99.9 cm³/mol. The third-order valence-electron chi connectivity index (χ3n) is 3.63. The summed E-state index contributed by atoms with van der Waals surface area (Å²) in [5.41, 5.74) is 2.63. The number of nitrogens with zero attached hydrogens (tertiary/aromatic N) is 1. The summed E-state index contributed by atoms with van der Waals surface area (Å²) in [5, 5.41) is 12.5. The maximum atomic E-state index is 12.0. The molecule has 0 unspecified atom stereocenters. The molecule has 0 bridgehead atoms. The number of esters is 1. The molecule has 2 aromatic carbocycles. The van der Waals surface area contributed by atoms with Gasteiger partial charge >= 0.3 is 5.97 Å². The molecule has 136 valence electrons. The molecular weight excluding hydrogens is 328 g/mol. The average Bonchev–Trinajstić information content (AvgIpc) is 2.60. The van der Waals surface area contributed by atoms with Gasteiger partial charge in [0.05, 0.1) is 18.2 Å². The van der Waals surface area contributed by atoms with E-state index in [0.717, 1.165) is 11.1 Å². The number of benzene rings is 2. The van der Waals surface area contributed by atoms with Crippen LogP contribution in [0.3, 0.4) is 0 Å². The van der Waals surface area contributed by atoms with Gasteiger partial charge in [0.25, 0.3) is 0 Å². The lowest BCUT2D eigenvalue weighted by Gasteiger charge is -2.19. The first kappa shape index (κ1) is 19.5. The minimum absolute atomic E-state index is 0.320. The standard InChI is InChI=1S/C21H24N2O3/c1-21(2,3)26-20(24)17-8-5-15(6-9-17)13-23-14-16-7-10-19(25-4)18(11-16)12-22/h5-11,23H,13-14H2,1-4H3. The zero-order valence-corrected chi connectivity index (χ0v) is 15.6. The second-order valence-corrected chi connectivity index (χ2v) is 6.95. The topological polar surface area (TPSA) is 71.3 Å². The van der Waals surface area contributed by atoms with Crippen molar-refractivity contribution < 1.29 is 14.3 Å². The number of hydrogen-bond acceptors (Lipinski definition) is 5. The Labute approximate surface area is 154 Å². The van der Waals surface area contributed by atoms with Gasteiger partial charge in [-0.15, -0.1) is 0 Å². The highest BCUT2D eigenvalue weighted by atomic mass is 16.6. The number of carbonyl (C=O) groups excluding carboxylic acids is 1. The van der Waals surface area contributed by atoms with Crippen molar-refractivity contribution in [2.24, 2.45) is 0 Å². The molecule has 0 spiro atoms. The molecule has 26 heavy (non-hydrogen) atoms. The van der Waals surface area contributed by atoms with Crippen LogP contribution >= 0.6 is 0 Å². The van der Waals surface area contributed by atoms with Crippen LogP contribution in [0.2, 0.25) is 0 Å². The van der Waals surface area contributed by atoms with Crippen molar-refractivity contribution in [2.45, 2.75) is 39.5 Å². The smallest absolute Gasteiger partial charge is 0.338 e. The summed E-state index contributed by atoms with van der Waals surface area (Å²) in [6, 6.07) is 15.0. The third-order valence-corrected chi connectivity index (χ3v) is 3.63. The molecule has 0 heterocycles. The zero-order valence-electron chi connectivity index (χ0n) is 15.6. The Hall–Kier alpha value is -2.84. The molecule has 0 saturated carbocycles. The van der Waals surface area contributed by atoms with E-state index < -0.39 is 5.60 Å². The SMILES string of the molecule is COc1ccc(CNCc2ccc(C(=O)OC(C)(C)C)cc2)cc1C#N. The van der Waals surface area contributed by atoms with E-state index in [1.54, 1.807) is 25.3 Å². The van der Waals surface area contributed by atoms with Crippen LogP contribution in [0.5, 0.6) is 5.75 Å². The Morgan fingerprint density at radius 1 is 1.08 bits per heavy atom. The van der Waals surface area contributed by atoms with Crippen molar-refractivity contribution in [1.82, 2.24) is 5.32 Å². The quantitative estimate of drug-likeness (QED) is 0.801. The van der Waals surface area contributed by atoms with Gasteiger partial charge in [0.15, 0.2) is 0 Å². The highest BCUT2D eigenvalue weighted by Gasteiger charge is 2.17. The van der Waals surface area contributed by atoms with E-state index in [4.69, 9.17) is 14.7 Å². The fourth-order valence-corrected chi connectivity index (χ4v) is 2.40. The average molecular weight is 352 g/mol. The lowest BCUT2D eigenvalue weighted by Crippen LogP contribution is -2.23. The molecule has 0 atom stereocenters. The van der Waals surface area contributed by atoms with Crippen LogP contribution in [0.25, 0.3) is 0 Å². The van der Waals surface area contributed by atoms with Crippen molar-refractivity contribution in [2.75, 3.05) is 7.11 Å². The molecule has 5 heteroatoms. The molecule has 0 aliphatic rings. The van der Waals surface area contributed by atoms with Gasteiger partial charge < -0.3 is 14.8 Å². The second-order valence-electron chi connectivity index (χ2n) is 6.95. The van der Waals surface area contributed by atoms with E-state index in [-0.39, 0.29) is 5.97 Å². The Morgan fingerprint density at radius 3 is 2.27 bits per heavy atom. The first-order valence-electron chi connectivity index (χ1n) is 8.42. The van der Waals surface area contributed by atoms with Gasteiger partial charge in [-0.2, -0.15) is 5.26 Å². The molecule has 0 fully saturated rings. The Kier molecular flexibility index (Phi) is 6.37. The van der Waals surface area contributed by atoms with Crippen molar-refractivity contribution in [1.29, 1.82) is 5.26 Å². The van der Waals surface area contributed by atoms with Crippen LogP contribution in [-0.2, 0) is 17.8 Å². The van der Waals surface area contributed by atoms with E-state index >= 15 is 0 Å². The minimum Gasteiger partial charge on any atom is -0.495 e. The monoisotopic (exact) mass is 352 g/mol. The van der Waals surface area contributed by atoms with E-state index in [9.17, 15) is 4.79 Å². The van der Waals surface area contributed by atoms with Gasteiger partial charge in [-0.05, 0) is 56.2 Å². The van der Waals surface area contributed by atoms with Crippen LogP contribution in [0.15, 0.2) is 42.5 Å². The summed E-state index contributed by atoms with van der Waals surface area (Å²) in [7, 11) is 1.55. The first-order valence-corrected chi connectivity index (χ1v) is 8.42. The van der Waals surface area contributed by atoms with Crippen molar-refractivity contribution in [3.8, 4) is 11.8 Å². The second kappa shape index (κ2) is 8.50. The summed E-state index contributed by atoms with van der Waals surface area (Å²) >= 11 is 0. The molecule has 2 rings (SSSR count). The van der Waals surface area contributed by atoms with Crippen molar-refractivity contribution in [3.63, 3.8) is 0 Å². The normalized spacial score (nSPS) is 10.9. The molecular formula is C21H24N2O3. The highest BCUT2D eigenvalue weighted by molar-refractivity contribution is 5.89. The van der Waals surface area contributed by atoms with Gasteiger partial charge in [0.1, 0.15) is 17.4 Å². The maximum Gasteiger partial charge on any atom is 0.338 e. The molecule has 0 amide bonds. The molecule has 0 radical (unpaired) electrons. The zero-order chi connectivity index (χ0) is 19.2. The van der Waals surface area contributed by atoms with Gasteiger partial charge in [0, 0.05) is 13.1 Å². The summed E-state index contributed by atoms with van der Waals surface area (Å²) < 4.78 is 10.5. The molecule has 5 nitrogen and oxygen atoms in total. The van der Waals surface area contributed by atoms with Gasteiger partial charge in [-0.3, -0.25) is 0 Å². The Morgan fingerprint density at radius 2 is 1.69 bits per heavy atom. The van der Waals surface area contributed by atoms with Crippen molar-refractivity contribution in [3.05, 3.63) is 64.7 Å². The van der Waals surface area contributed by atoms with Crippen LogP contribution in [-0.4, -0.2) is 18.7 Å². The third kappa shape index (κ3) is 5.61. The summed E-state index contributed by atoms with van der Waals surface area (Å²) in [6.45, 7) is 6.83. The van der Waals surface area contributed by atoms with Crippen LogP contribution in [0.4, 0.5) is 0 Å². The fraction of sp³-hybridized carbons (Fsp3) is 0.333. The number of ether oxygens (including phenoxy) is 2. The summed E-state index contributed by atoms with van der Waals surface area (Å²) in [4.78, 5) is 12.0. The Bertz CT molecular complexity index is 799. The molecule has 1 N–H and O–H groups in total.